The van der Waals surface area contributed by atoms with Gasteiger partial charge in [-0.2, -0.15) is 0 Å². The molecule has 0 aliphatic carbocycles. The first kappa shape index (κ1) is 23.5. The van der Waals surface area contributed by atoms with Gasteiger partial charge in [0.15, 0.2) is 11.0 Å². The standard InChI is InChI=1S/C24H28N4O3S/c1-5-28-23(19-8-6-7-17(3)13-19)26-27-24(28)32-15-21(29)25-20(14-22(30)31-4)18-11-9-16(2)10-12-18/h6-13,20H,5,14-15H2,1-4H3,(H,25,29). The first-order valence-corrected chi connectivity index (χ1v) is 11.5. The number of thioether (sulfide) groups is 1. The van der Waals surface area contributed by atoms with Crippen LogP contribution in [-0.2, 0) is 20.9 Å². The van der Waals surface area contributed by atoms with E-state index < -0.39 is 6.04 Å². The lowest BCUT2D eigenvalue weighted by Crippen LogP contribution is -2.31. The van der Waals surface area contributed by atoms with Crippen molar-refractivity contribution >= 4 is 23.6 Å². The lowest BCUT2D eigenvalue weighted by atomic mass is 10.0. The Kier molecular flexibility index (Phi) is 8.05. The average molecular weight is 453 g/mol. The average Bonchev–Trinajstić information content (AvgIpc) is 3.20. The molecule has 3 aromatic rings. The summed E-state index contributed by atoms with van der Waals surface area (Å²) in [5.41, 5.74) is 4.11. The quantitative estimate of drug-likeness (QED) is 0.389. The zero-order valence-electron chi connectivity index (χ0n) is 18.8. The van der Waals surface area contributed by atoms with Gasteiger partial charge in [-0.25, -0.2) is 0 Å². The van der Waals surface area contributed by atoms with Crippen LogP contribution in [0.2, 0.25) is 0 Å². The van der Waals surface area contributed by atoms with Crippen LogP contribution >= 0.6 is 11.8 Å². The lowest BCUT2D eigenvalue weighted by Gasteiger charge is -2.18. The van der Waals surface area contributed by atoms with Crippen LogP contribution in [0, 0.1) is 13.8 Å². The summed E-state index contributed by atoms with van der Waals surface area (Å²) in [4.78, 5) is 24.6. The zero-order chi connectivity index (χ0) is 23.1. The molecule has 0 radical (unpaired) electrons. The summed E-state index contributed by atoms with van der Waals surface area (Å²) in [5.74, 6) is 0.377. The maximum atomic E-state index is 12.7. The molecule has 1 aromatic heterocycles. The molecule has 8 heteroatoms. The second-order valence-electron chi connectivity index (χ2n) is 7.52. The van der Waals surface area contributed by atoms with E-state index in [9.17, 15) is 9.59 Å². The smallest absolute Gasteiger partial charge is 0.307 e. The number of nitrogens with one attached hydrogen (secondary N) is 1. The summed E-state index contributed by atoms with van der Waals surface area (Å²) in [6, 6.07) is 15.4. The monoisotopic (exact) mass is 452 g/mol. The molecule has 0 saturated carbocycles. The molecular formula is C24H28N4O3S. The van der Waals surface area contributed by atoms with Crippen molar-refractivity contribution in [2.24, 2.45) is 0 Å². The van der Waals surface area contributed by atoms with E-state index in [2.05, 4.69) is 21.6 Å². The van der Waals surface area contributed by atoms with Gasteiger partial charge >= 0.3 is 5.97 Å². The van der Waals surface area contributed by atoms with Gasteiger partial charge in [0.05, 0.1) is 25.3 Å². The number of benzene rings is 2. The molecule has 0 bridgehead atoms. The summed E-state index contributed by atoms with van der Waals surface area (Å²) in [6.45, 7) is 6.74. The van der Waals surface area contributed by atoms with Crippen LogP contribution in [-0.4, -0.2) is 39.5 Å². The van der Waals surface area contributed by atoms with E-state index in [1.54, 1.807) is 0 Å². The van der Waals surface area contributed by atoms with E-state index in [1.807, 2.05) is 67.8 Å². The Bertz CT molecular complexity index is 1080. The highest BCUT2D eigenvalue weighted by Gasteiger charge is 2.20. The van der Waals surface area contributed by atoms with Gasteiger partial charge in [-0.1, -0.05) is 65.4 Å². The first-order valence-electron chi connectivity index (χ1n) is 10.5. The number of carbonyl (C=O) groups is 2. The van der Waals surface area contributed by atoms with Crippen molar-refractivity contribution < 1.29 is 14.3 Å². The molecule has 1 heterocycles. The minimum absolute atomic E-state index is 0.0681. The molecule has 1 N–H and O–H groups in total. The SMILES string of the molecule is CCn1c(SCC(=O)NC(CC(=O)OC)c2ccc(C)cc2)nnc1-c1cccc(C)c1. The second-order valence-corrected chi connectivity index (χ2v) is 8.46. The third-order valence-corrected chi connectivity index (χ3v) is 6.02. The minimum Gasteiger partial charge on any atom is -0.469 e. The number of ether oxygens (including phenoxy) is 1. The summed E-state index contributed by atoms with van der Waals surface area (Å²) >= 11 is 1.32. The molecule has 3 rings (SSSR count). The highest BCUT2D eigenvalue weighted by atomic mass is 32.2. The van der Waals surface area contributed by atoms with Crippen molar-refractivity contribution in [2.45, 2.75) is 44.9 Å². The van der Waals surface area contributed by atoms with Crippen molar-refractivity contribution in [3.63, 3.8) is 0 Å². The Morgan fingerprint density at radius 1 is 1.09 bits per heavy atom. The maximum Gasteiger partial charge on any atom is 0.307 e. The van der Waals surface area contributed by atoms with Gasteiger partial charge in [-0.3, -0.25) is 9.59 Å². The predicted molar refractivity (Wildman–Crippen MR) is 125 cm³/mol. The molecule has 0 fully saturated rings. The second kappa shape index (κ2) is 10.9. The number of esters is 1. The highest BCUT2D eigenvalue weighted by Crippen LogP contribution is 2.25. The summed E-state index contributed by atoms with van der Waals surface area (Å²) < 4.78 is 6.80. The molecule has 0 aliphatic heterocycles. The van der Waals surface area contributed by atoms with Crippen LogP contribution in [0.5, 0.6) is 0 Å². The van der Waals surface area contributed by atoms with Crippen molar-refractivity contribution in [3.8, 4) is 11.4 Å². The Labute approximate surface area is 192 Å². The molecule has 32 heavy (non-hydrogen) atoms. The van der Waals surface area contributed by atoms with Crippen LogP contribution < -0.4 is 5.32 Å². The van der Waals surface area contributed by atoms with Crippen LogP contribution in [0.3, 0.4) is 0 Å². The van der Waals surface area contributed by atoms with E-state index in [0.717, 1.165) is 28.1 Å². The number of hydrogen-bond acceptors (Lipinski definition) is 6. The third kappa shape index (κ3) is 5.97. The van der Waals surface area contributed by atoms with E-state index in [0.29, 0.717) is 11.7 Å². The van der Waals surface area contributed by atoms with E-state index in [-0.39, 0.29) is 24.1 Å². The normalized spacial score (nSPS) is 11.8. The fourth-order valence-electron chi connectivity index (χ4n) is 3.35. The maximum absolute atomic E-state index is 12.7. The topological polar surface area (TPSA) is 86.1 Å². The number of nitrogens with zero attached hydrogens (tertiary/aromatic N) is 3. The van der Waals surface area contributed by atoms with E-state index in [4.69, 9.17) is 4.74 Å². The van der Waals surface area contributed by atoms with Crippen LogP contribution in [0.1, 0.15) is 36.1 Å². The van der Waals surface area contributed by atoms with Gasteiger partial charge in [0.25, 0.3) is 0 Å². The van der Waals surface area contributed by atoms with Gasteiger partial charge < -0.3 is 14.6 Å². The zero-order valence-corrected chi connectivity index (χ0v) is 19.6. The number of methoxy groups -OCH3 is 1. The number of aromatic nitrogens is 3. The molecule has 7 nitrogen and oxygen atoms in total. The van der Waals surface area contributed by atoms with E-state index >= 15 is 0 Å². The van der Waals surface area contributed by atoms with Crippen molar-refractivity contribution in [3.05, 3.63) is 65.2 Å². The molecule has 1 unspecified atom stereocenters. The molecular weight excluding hydrogens is 424 g/mol. The number of rotatable bonds is 9. The molecule has 0 saturated heterocycles. The summed E-state index contributed by atoms with van der Waals surface area (Å²) in [6.07, 6.45) is 0.0681. The molecule has 1 atom stereocenters. The van der Waals surface area contributed by atoms with Gasteiger partial charge in [-0.05, 0) is 32.4 Å². The fraction of sp³-hybridized carbons (Fsp3) is 0.333. The largest absolute Gasteiger partial charge is 0.469 e. The third-order valence-electron chi connectivity index (χ3n) is 5.06. The van der Waals surface area contributed by atoms with Gasteiger partial charge in [0, 0.05) is 12.1 Å². The number of carbonyl (C=O) groups excluding carboxylic acids is 2. The van der Waals surface area contributed by atoms with Crippen LogP contribution in [0.15, 0.2) is 53.7 Å². The minimum atomic E-state index is -0.456. The lowest BCUT2D eigenvalue weighted by molar-refractivity contribution is -0.141. The van der Waals surface area contributed by atoms with Crippen molar-refractivity contribution in [1.82, 2.24) is 20.1 Å². The molecule has 168 valence electrons. The molecule has 0 aliphatic rings. The number of aryl methyl sites for hydroxylation is 2. The number of amides is 1. The first-order chi connectivity index (χ1) is 15.4. The Morgan fingerprint density at radius 2 is 1.84 bits per heavy atom. The van der Waals surface area contributed by atoms with Crippen molar-refractivity contribution in [1.29, 1.82) is 0 Å². The van der Waals surface area contributed by atoms with Gasteiger partial charge in [-0.15, -0.1) is 10.2 Å². The summed E-state index contributed by atoms with van der Waals surface area (Å²) in [7, 11) is 1.34. The molecule has 2 aromatic carbocycles. The number of hydrogen-bond donors (Lipinski definition) is 1. The van der Waals surface area contributed by atoms with Crippen LogP contribution in [0.25, 0.3) is 11.4 Å². The molecule has 1 amide bonds. The Balaban J connectivity index is 1.70. The summed E-state index contributed by atoms with van der Waals surface area (Å²) in [5, 5.41) is 12.3. The fourth-order valence-corrected chi connectivity index (χ4v) is 4.16. The van der Waals surface area contributed by atoms with Gasteiger partial charge in [0.1, 0.15) is 0 Å². The van der Waals surface area contributed by atoms with E-state index in [1.165, 1.54) is 18.9 Å². The Hall–Kier alpha value is -3.13. The molecule has 0 spiro atoms. The van der Waals surface area contributed by atoms with Gasteiger partial charge in [0.2, 0.25) is 5.91 Å². The highest BCUT2D eigenvalue weighted by molar-refractivity contribution is 7.99. The van der Waals surface area contributed by atoms with Crippen molar-refractivity contribution in [2.75, 3.05) is 12.9 Å². The Morgan fingerprint density at radius 3 is 2.50 bits per heavy atom. The predicted octanol–water partition coefficient (Wildman–Crippen LogP) is 4.09. The van der Waals surface area contributed by atoms with Crippen LogP contribution in [0.4, 0.5) is 0 Å².